The Morgan fingerprint density at radius 1 is 1.52 bits per heavy atom. The van der Waals surface area contributed by atoms with Crippen molar-refractivity contribution in [3.8, 4) is 11.3 Å². The number of nitrogens with zero attached hydrogens (tertiary/aromatic N) is 1. The second-order valence-electron chi connectivity index (χ2n) is 6.70. The molecule has 0 bridgehead atoms. The molecule has 0 aliphatic carbocycles. The Kier molecular flexibility index (Phi) is 7.04. The predicted octanol–water partition coefficient (Wildman–Crippen LogP) is 4.41. The zero-order valence-corrected chi connectivity index (χ0v) is 16.6. The van der Waals surface area contributed by atoms with E-state index in [1.807, 2.05) is 25.3 Å². The number of carbonyl (C=O) groups is 1. The first kappa shape index (κ1) is 19.9. The van der Waals surface area contributed by atoms with Crippen LogP contribution in [0.1, 0.15) is 37.7 Å². The largest absolute Gasteiger partial charge is 0.466 e. The van der Waals surface area contributed by atoms with Crippen LogP contribution in [0.5, 0.6) is 0 Å². The van der Waals surface area contributed by atoms with E-state index in [0.29, 0.717) is 23.4 Å². The number of thiazole rings is 1. The molecular weight excluding hydrogens is 358 g/mol. The molecule has 1 fully saturated rings. The molecule has 0 aromatic carbocycles. The van der Waals surface area contributed by atoms with Gasteiger partial charge in [-0.2, -0.15) is 0 Å². The summed E-state index contributed by atoms with van der Waals surface area (Å²) in [6.07, 6.45) is 2.96. The van der Waals surface area contributed by atoms with Crippen molar-refractivity contribution in [3.63, 3.8) is 0 Å². The summed E-state index contributed by atoms with van der Waals surface area (Å²) in [6.45, 7) is 8.15. The Balaban J connectivity index is 0.00000225. The molecule has 0 spiro atoms. The fourth-order valence-corrected chi connectivity index (χ4v) is 4.06. The number of aromatic nitrogens is 1. The molecule has 1 saturated heterocycles. The summed E-state index contributed by atoms with van der Waals surface area (Å²) in [7, 11) is 0. The molecule has 1 amide bonds. The van der Waals surface area contributed by atoms with Crippen molar-refractivity contribution in [1.82, 2.24) is 10.3 Å². The number of aryl methyl sites for hydroxylation is 2. The number of hydrogen-bond acceptors (Lipinski definition) is 5. The van der Waals surface area contributed by atoms with Crippen molar-refractivity contribution in [2.24, 2.45) is 11.8 Å². The second-order valence-corrected chi connectivity index (χ2v) is 7.56. The summed E-state index contributed by atoms with van der Waals surface area (Å²) in [4.78, 5) is 16.8. The summed E-state index contributed by atoms with van der Waals surface area (Å²) in [5.41, 5.74) is 1.85. The van der Waals surface area contributed by atoms with Crippen LogP contribution in [0.25, 0.3) is 11.3 Å². The molecule has 7 heteroatoms. The third-order valence-electron chi connectivity index (χ3n) is 4.71. The minimum absolute atomic E-state index is 0. The van der Waals surface area contributed by atoms with Gasteiger partial charge in [0.1, 0.15) is 11.5 Å². The fraction of sp³-hybridized carbons (Fsp3) is 0.556. The van der Waals surface area contributed by atoms with Gasteiger partial charge >= 0.3 is 0 Å². The van der Waals surface area contributed by atoms with Crippen molar-refractivity contribution in [1.29, 1.82) is 0 Å². The summed E-state index contributed by atoms with van der Waals surface area (Å²) in [5.74, 6) is 2.75. The minimum Gasteiger partial charge on any atom is -0.466 e. The Morgan fingerprint density at radius 2 is 2.32 bits per heavy atom. The maximum absolute atomic E-state index is 12.3. The van der Waals surface area contributed by atoms with Crippen LogP contribution in [0.3, 0.4) is 0 Å². The Morgan fingerprint density at radius 3 is 2.96 bits per heavy atom. The molecule has 5 nitrogen and oxygen atoms in total. The van der Waals surface area contributed by atoms with Crippen LogP contribution in [0.15, 0.2) is 15.9 Å². The SMILES string of the molecule is Cc1cc(-c2csc(NC(=O)CC(C)C3CCCNC3)n2)c(C)o1.Cl. The van der Waals surface area contributed by atoms with Crippen LogP contribution in [0, 0.1) is 25.7 Å². The monoisotopic (exact) mass is 383 g/mol. The highest BCUT2D eigenvalue weighted by Gasteiger charge is 2.22. The van der Waals surface area contributed by atoms with E-state index in [9.17, 15) is 4.79 Å². The lowest BCUT2D eigenvalue weighted by atomic mass is 9.85. The van der Waals surface area contributed by atoms with Gasteiger partial charge in [-0.25, -0.2) is 4.98 Å². The van der Waals surface area contributed by atoms with Gasteiger partial charge in [-0.3, -0.25) is 4.79 Å². The standard InChI is InChI=1S/C18H25N3O2S.ClH/c1-11(14-5-4-6-19-9-14)7-17(22)21-18-20-16(10-24-18)15-8-12(2)23-13(15)3;/h8,10-11,14,19H,4-7,9H2,1-3H3,(H,20,21,22);1H. The smallest absolute Gasteiger partial charge is 0.226 e. The van der Waals surface area contributed by atoms with E-state index in [4.69, 9.17) is 4.42 Å². The van der Waals surface area contributed by atoms with Crippen molar-refractivity contribution in [2.75, 3.05) is 18.4 Å². The number of anilines is 1. The van der Waals surface area contributed by atoms with E-state index in [0.717, 1.165) is 35.9 Å². The molecule has 138 valence electrons. The van der Waals surface area contributed by atoms with E-state index in [1.54, 1.807) is 0 Å². The lowest BCUT2D eigenvalue weighted by Gasteiger charge is -2.27. The Labute approximate surface area is 159 Å². The summed E-state index contributed by atoms with van der Waals surface area (Å²) in [6, 6.07) is 1.98. The van der Waals surface area contributed by atoms with Crippen LogP contribution in [0.4, 0.5) is 5.13 Å². The van der Waals surface area contributed by atoms with Crippen molar-refractivity contribution in [3.05, 3.63) is 23.0 Å². The Bertz CT molecular complexity index is 707. The van der Waals surface area contributed by atoms with Crippen LogP contribution in [-0.2, 0) is 4.79 Å². The fourth-order valence-electron chi connectivity index (χ4n) is 3.33. The van der Waals surface area contributed by atoms with Crippen molar-refractivity contribution in [2.45, 2.75) is 40.0 Å². The maximum Gasteiger partial charge on any atom is 0.226 e. The highest BCUT2D eigenvalue weighted by Crippen LogP contribution is 2.30. The number of rotatable bonds is 5. The van der Waals surface area contributed by atoms with Gasteiger partial charge in [0, 0.05) is 17.4 Å². The molecule has 2 N–H and O–H groups in total. The summed E-state index contributed by atoms with van der Waals surface area (Å²) in [5, 5.41) is 8.98. The molecule has 3 heterocycles. The van der Waals surface area contributed by atoms with Crippen LogP contribution in [0.2, 0.25) is 0 Å². The number of amides is 1. The minimum atomic E-state index is 0. The summed E-state index contributed by atoms with van der Waals surface area (Å²) >= 11 is 1.46. The Hall–Kier alpha value is -1.37. The number of carbonyl (C=O) groups excluding carboxylic acids is 1. The van der Waals surface area contributed by atoms with E-state index in [2.05, 4.69) is 22.5 Å². The van der Waals surface area contributed by atoms with E-state index >= 15 is 0 Å². The van der Waals surface area contributed by atoms with Gasteiger partial charge in [-0.05, 0) is 57.7 Å². The molecule has 25 heavy (non-hydrogen) atoms. The van der Waals surface area contributed by atoms with E-state index in [-0.39, 0.29) is 18.3 Å². The zero-order chi connectivity index (χ0) is 17.1. The lowest BCUT2D eigenvalue weighted by Crippen LogP contribution is -2.34. The van der Waals surface area contributed by atoms with Gasteiger partial charge in [0.15, 0.2) is 5.13 Å². The first-order valence-corrected chi connectivity index (χ1v) is 9.44. The number of halogens is 1. The van der Waals surface area contributed by atoms with Gasteiger partial charge < -0.3 is 15.1 Å². The number of furan rings is 1. The third-order valence-corrected chi connectivity index (χ3v) is 5.47. The molecule has 2 unspecified atom stereocenters. The molecule has 2 aromatic heterocycles. The van der Waals surface area contributed by atoms with Gasteiger partial charge in [-0.1, -0.05) is 6.92 Å². The van der Waals surface area contributed by atoms with Gasteiger partial charge in [0.25, 0.3) is 0 Å². The molecule has 1 aliphatic heterocycles. The predicted molar refractivity (Wildman–Crippen MR) is 105 cm³/mol. The second kappa shape index (κ2) is 8.83. The van der Waals surface area contributed by atoms with Crippen LogP contribution < -0.4 is 10.6 Å². The highest BCUT2D eigenvalue weighted by molar-refractivity contribution is 7.14. The maximum atomic E-state index is 12.3. The van der Waals surface area contributed by atoms with Gasteiger partial charge in [-0.15, -0.1) is 23.7 Å². The van der Waals surface area contributed by atoms with Crippen molar-refractivity contribution >= 4 is 34.8 Å². The molecule has 1 aliphatic rings. The summed E-state index contributed by atoms with van der Waals surface area (Å²) < 4.78 is 5.55. The van der Waals surface area contributed by atoms with Gasteiger partial charge in [0.05, 0.1) is 5.69 Å². The average Bonchev–Trinajstić information content (AvgIpc) is 3.14. The van der Waals surface area contributed by atoms with Crippen molar-refractivity contribution < 1.29 is 9.21 Å². The molecule has 2 aromatic rings. The van der Waals surface area contributed by atoms with Crippen LogP contribution in [-0.4, -0.2) is 24.0 Å². The highest BCUT2D eigenvalue weighted by atomic mass is 35.5. The van der Waals surface area contributed by atoms with E-state index < -0.39 is 0 Å². The molecular formula is C18H26ClN3O2S. The topological polar surface area (TPSA) is 67.2 Å². The van der Waals surface area contributed by atoms with E-state index in [1.165, 1.54) is 24.2 Å². The quantitative estimate of drug-likeness (QED) is 0.802. The molecule has 2 atom stereocenters. The van der Waals surface area contributed by atoms with Gasteiger partial charge in [0.2, 0.25) is 5.91 Å². The molecule has 0 saturated carbocycles. The molecule has 0 radical (unpaired) electrons. The number of hydrogen-bond donors (Lipinski definition) is 2. The zero-order valence-electron chi connectivity index (χ0n) is 14.9. The number of piperidine rings is 1. The number of nitrogens with one attached hydrogen (secondary N) is 2. The normalized spacial score (nSPS) is 18.4. The average molecular weight is 384 g/mol. The van der Waals surface area contributed by atoms with Crippen LogP contribution >= 0.6 is 23.7 Å². The first-order chi connectivity index (χ1) is 11.5. The lowest BCUT2D eigenvalue weighted by molar-refractivity contribution is -0.117. The first-order valence-electron chi connectivity index (χ1n) is 8.56. The molecule has 3 rings (SSSR count). The third kappa shape index (κ3) is 5.06.